The van der Waals surface area contributed by atoms with Gasteiger partial charge in [-0.15, -0.1) is 0 Å². The average Bonchev–Trinajstić information content (AvgIpc) is 2.53. The summed E-state index contributed by atoms with van der Waals surface area (Å²) in [5.41, 5.74) is -0.0872. The van der Waals surface area contributed by atoms with Gasteiger partial charge < -0.3 is 9.84 Å². The molecule has 1 aliphatic carbocycles. The summed E-state index contributed by atoms with van der Waals surface area (Å²) in [4.78, 5) is 0. The molecule has 1 saturated heterocycles. The van der Waals surface area contributed by atoms with Gasteiger partial charge in [0.05, 0.1) is 12.2 Å². The second-order valence-electron chi connectivity index (χ2n) is 6.78. The van der Waals surface area contributed by atoms with Crippen LogP contribution in [0.4, 0.5) is 0 Å². The van der Waals surface area contributed by atoms with Crippen molar-refractivity contribution in [3.8, 4) is 0 Å². The lowest BCUT2D eigenvalue weighted by molar-refractivity contribution is -0.100. The fraction of sp³-hybridized carbons (Fsp3) is 1.00. The van der Waals surface area contributed by atoms with Crippen LogP contribution in [-0.4, -0.2) is 23.4 Å². The third kappa shape index (κ3) is 1.96. The van der Waals surface area contributed by atoms with Crippen molar-refractivity contribution < 1.29 is 9.84 Å². The van der Waals surface area contributed by atoms with Gasteiger partial charge in [-0.2, -0.15) is 0 Å². The Hall–Kier alpha value is -0.0800. The third-order valence-corrected chi connectivity index (χ3v) is 3.46. The fourth-order valence-corrected chi connectivity index (χ4v) is 3.73. The normalized spacial score (nSPS) is 37.9. The Labute approximate surface area is 86.6 Å². The Bertz CT molecular complexity index is 223. The maximum Gasteiger partial charge on any atom is 0.110 e. The van der Waals surface area contributed by atoms with Crippen molar-refractivity contribution in [3.63, 3.8) is 0 Å². The molecule has 82 valence electrons. The molecule has 0 spiro atoms. The molecule has 0 amide bonds. The number of epoxide rings is 1. The van der Waals surface area contributed by atoms with Gasteiger partial charge in [0.25, 0.3) is 0 Å². The Kier molecular flexibility index (Phi) is 2.04. The highest BCUT2D eigenvalue weighted by Gasteiger charge is 2.54. The van der Waals surface area contributed by atoms with E-state index in [2.05, 4.69) is 27.7 Å². The van der Waals surface area contributed by atoms with E-state index in [0.717, 1.165) is 19.4 Å². The highest BCUT2D eigenvalue weighted by Crippen LogP contribution is 2.53. The molecule has 2 heteroatoms. The van der Waals surface area contributed by atoms with E-state index in [4.69, 9.17) is 4.74 Å². The highest BCUT2D eigenvalue weighted by atomic mass is 16.6. The molecule has 0 aromatic heterocycles. The van der Waals surface area contributed by atoms with Gasteiger partial charge in [-0.05, 0) is 30.1 Å². The van der Waals surface area contributed by atoms with Gasteiger partial charge in [0.1, 0.15) is 6.10 Å². The molecular formula is C12H22O2. The van der Waals surface area contributed by atoms with Crippen LogP contribution in [0.5, 0.6) is 0 Å². The lowest BCUT2D eigenvalue weighted by atomic mass is 9.59. The molecule has 0 radical (unpaired) electrons. The standard InChI is InChI=1S/C12H22O2/c1-10(2)6-11(3,4)8-12(13,7-10)9-5-14-9/h9,13H,5-8H2,1-4H3. The van der Waals surface area contributed by atoms with Gasteiger partial charge in [0, 0.05) is 0 Å². The second-order valence-corrected chi connectivity index (χ2v) is 6.78. The molecule has 14 heavy (non-hydrogen) atoms. The minimum atomic E-state index is -0.564. The van der Waals surface area contributed by atoms with Crippen LogP contribution < -0.4 is 0 Å². The van der Waals surface area contributed by atoms with Crippen LogP contribution in [0.2, 0.25) is 0 Å². The number of hydrogen-bond donors (Lipinski definition) is 1. The molecule has 0 bridgehead atoms. The van der Waals surface area contributed by atoms with Gasteiger partial charge in [-0.25, -0.2) is 0 Å². The summed E-state index contributed by atoms with van der Waals surface area (Å²) in [6.07, 6.45) is 3.07. The molecule has 2 nitrogen and oxygen atoms in total. The van der Waals surface area contributed by atoms with Crippen molar-refractivity contribution in [2.75, 3.05) is 6.61 Å². The molecule has 2 fully saturated rings. The number of ether oxygens (including phenoxy) is 1. The molecule has 0 aromatic carbocycles. The van der Waals surface area contributed by atoms with E-state index in [1.54, 1.807) is 0 Å². The minimum Gasteiger partial charge on any atom is -0.387 e. The zero-order chi connectivity index (χ0) is 10.6. The molecule has 0 aromatic rings. The summed E-state index contributed by atoms with van der Waals surface area (Å²) >= 11 is 0. The third-order valence-electron chi connectivity index (χ3n) is 3.46. The molecular weight excluding hydrogens is 176 g/mol. The Balaban J connectivity index is 2.19. The van der Waals surface area contributed by atoms with E-state index in [-0.39, 0.29) is 16.9 Å². The second kappa shape index (κ2) is 2.73. The first-order valence-electron chi connectivity index (χ1n) is 5.57. The summed E-state index contributed by atoms with van der Waals surface area (Å²) < 4.78 is 5.29. The van der Waals surface area contributed by atoms with E-state index in [1.807, 2.05) is 0 Å². The summed E-state index contributed by atoms with van der Waals surface area (Å²) in [6.45, 7) is 9.76. The van der Waals surface area contributed by atoms with Gasteiger partial charge in [-0.1, -0.05) is 27.7 Å². The van der Waals surface area contributed by atoms with Crippen molar-refractivity contribution in [2.45, 2.75) is 58.7 Å². The van der Waals surface area contributed by atoms with Crippen molar-refractivity contribution in [1.29, 1.82) is 0 Å². The first-order valence-corrected chi connectivity index (χ1v) is 5.57. The molecule has 1 heterocycles. The van der Waals surface area contributed by atoms with E-state index in [1.165, 1.54) is 6.42 Å². The van der Waals surface area contributed by atoms with Crippen LogP contribution in [0.15, 0.2) is 0 Å². The minimum absolute atomic E-state index is 0.112. The Morgan fingerprint density at radius 2 is 1.43 bits per heavy atom. The monoisotopic (exact) mass is 198 g/mol. The molecule has 2 rings (SSSR count). The number of aliphatic hydroxyl groups is 1. The zero-order valence-corrected chi connectivity index (χ0v) is 9.76. The van der Waals surface area contributed by atoms with E-state index >= 15 is 0 Å². The first-order chi connectivity index (χ1) is 6.23. The Morgan fingerprint density at radius 3 is 1.79 bits per heavy atom. The van der Waals surface area contributed by atoms with Crippen LogP contribution in [0.1, 0.15) is 47.0 Å². The molecule has 1 saturated carbocycles. The lowest BCUT2D eigenvalue weighted by Crippen LogP contribution is -2.49. The Morgan fingerprint density at radius 1 is 1.00 bits per heavy atom. The van der Waals surface area contributed by atoms with Crippen molar-refractivity contribution in [1.82, 2.24) is 0 Å². The SMILES string of the molecule is CC1(C)CC(C)(C)CC(O)(C2CO2)C1. The van der Waals surface area contributed by atoms with E-state index in [9.17, 15) is 5.11 Å². The summed E-state index contributed by atoms with van der Waals surface area (Å²) in [5.74, 6) is 0. The topological polar surface area (TPSA) is 32.8 Å². The molecule has 1 N–H and O–H groups in total. The maximum atomic E-state index is 10.6. The largest absolute Gasteiger partial charge is 0.387 e. The molecule has 1 atom stereocenters. The van der Waals surface area contributed by atoms with Crippen molar-refractivity contribution >= 4 is 0 Å². The predicted octanol–water partition coefficient (Wildman–Crippen LogP) is 2.35. The van der Waals surface area contributed by atoms with Crippen LogP contribution in [0.25, 0.3) is 0 Å². The van der Waals surface area contributed by atoms with Crippen LogP contribution >= 0.6 is 0 Å². The predicted molar refractivity (Wildman–Crippen MR) is 56.1 cm³/mol. The van der Waals surface area contributed by atoms with E-state index < -0.39 is 5.60 Å². The molecule has 2 aliphatic rings. The van der Waals surface area contributed by atoms with Gasteiger partial charge in [0.15, 0.2) is 0 Å². The zero-order valence-electron chi connectivity index (χ0n) is 9.76. The molecule has 1 unspecified atom stereocenters. The average molecular weight is 198 g/mol. The maximum absolute atomic E-state index is 10.6. The smallest absolute Gasteiger partial charge is 0.110 e. The van der Waals surface area contributed by atoms with E-state index in [0.29, 0.717) is 0 Å². The van der Waals surface area contributed by atoms with Gasteiger partial charge in [-0.3, -0.25) is 0 Å². The molecule has 1 aliphatic heterocycles. The van der Waals surface area contributed by atoms with Gasteiger partial charge in [0.2, 0.25) is 0 Å². The number of rotatable bonds is 1. The fourth-order valence-electron chi connectivity index (χ4n) is 3.73. The summed E-state index contributed by atoms with van der Waals surface area (Å²) in [7, 11) is 0. The summed E-state index contributed by atoms with van der Waals surface area (Å²) in [6, 6.07) is 0. The highest BCUT2D eigenvalue weighted by molar-refractivity contribution is 5.04. The van der Waals surface area contributed by atoms with Crippen LogP contribution in [-0.2, 0) is 4.74 Å². The summed E-state index contributed by atoms with van der Waals surface area (Å²) in [5, 5.41) is 10.6. The van der Waals surface area contributed by atoms with Crippen LogP contribution in [0.3, 0.4) is 0 Å². The lowest BCUT2D eigenvalue weighted by Gasteiger charge is -2.49. The van der Waals surface area contributed by atoms with Crippen molar-refractivity contribution in [2.24, 2.45) is 10.8 Å². The van der Waals surface area contributed by atoms with Crippen molar-refractivity contribution in [3.05, 3.63) is 0 Å². The first kappa shape index (κ1) is 10.4. The van der Waals surface area contributed by atoms with Crippen LogP contribution in [0, 0.1) is 10.8 Å². The number of hydrogen-bond acceptors (Lipinski definition) is 2. The quantitative estimate of drug-likeness (QED) is 0.656. The van der Waals surface area contributed by atoms with Gasteiger partial charge >= 0.3 is 0 Å².